The van der Waals surface area contributed by atoms with E-state index in [-0.39, 0.29) is 29.4 Å². The molecule has 4 nitrogen and oxygen atoms in total. The fourth-order valence-corrected chi connectivity index (χ4v) is 3.26. The number of benzene rings is 1. The molecule has 20 heavy (non-hydrogen) atoms. The minimum absolute atomic E-state index is 0. The van der Waals surface area contributed by atoms with Gasteiger partial charge < -0.3 is 5.32 Å². The smallest absolute Gasteiger partial charge is 0.241 e. The Morgan fingerprint density at radius 3 is 2.80 bits per heavy atom. The zero-order valence-electron chi connectivity index (χ0n) is 11.1. The van der Waals surface area contributed by atoms with Gasteiger partial charge in [-0.1, -0.05) is 17.7 Å². The number of hydrogen-bond donors (Lipinski definition) is 2. The Kier molecular flexibility index (Phi) is 6.13. The van der Waals surface area contributed by atoms with Crippen LogP contribution in [0.2, 0.25) is 0 Å². The molecule has 0 amide bonds. The normalized spacial score (nSPS) is 15.4. The minimum atomic E-state index is -3.66. The van der Waals surface area contributed by atoms with Crippen LogP contribution in [0.15, 0.2) is 34.7 Å². The van der Waals surface area contributed by atoms with Crippen molar-refractivity contribution in [2.45, 2.75) is 18.2 Å². The summed E-state index contributed by atoms with van der Waals surface area (Å²) in [5.74, 6) is -0.510. The molecule has 0 bridgehead atoms. The van der Waals surface area contributed by atoms with Gasteiger partial charge in [0.25, 0.3) is 0 Å². The molecule has 0 unspecified atom stereocenters. The Hall–Kier alpha value is -0.950. The average molecular weight is 321 g/mol. The molecule has 1 heterocycles. The molecule has 7 heteroatoms. The fraction of sp³-hybridized carbons (Fsp3) is 0.385. The topological polar surface area (TPSA) is 58.2 Å². The summed E-state index contributed by atoms with van der Waals surface area (Å²) < 4.78 is 40.2. The van der Waals surface area contributed by atoms with E-state index >= 15 is 0 Å². The molecule has 0 atom stereocenters. The van der Waals surface area contributed by atoms with Crippen molar-refractivity contribution in [2.75, 3.05) is 19.6 Å². The van der Waals surface area contributed by atoms with Crippen molar-refractivity contribution >= 4 is 22.4 Å². The van der Waals surface area contributed by atoms with Crippen LogP contribution in [-0.2, 0) is 10.0 Å². The van der Waals surface area contributed by atoms with Crippen molar-refractivity contribution in [3.05, 3.63) is 41.2 Å². The van der Waals surface area contributed by atoms with Gasteiger partial charge in [0, 0.05) is 18.7 Å². The van der Waals surface area contributed by atoms with Gasteiger partial charge in [-0.3, -0.25) is 0 Å². The Morgan fingerprint density at radius 2 is 2.15 bits per heavy atom. The molecule has 2 rings (SSSR count). The predicted molar refractivity (Wildman–Crippen MR) is 79.1 cm³/mol. The molecule has 0 radical (unpaired) electrons. The van der Waals surface area contributed by atoms with Gasteiger partial charge in [-0.15, -0.1) is 12.4 Å². The van der Waals surface area contributed by atoms with Crippen LogP contribution in [0.5, 0.6) is 0 Å². The van der Waals surface area contributed by atoms with E-state index in [1.165, 1.54) is 25.1 Å². The zero-order chi connectivity index (χ0) is 13.9. The Morgan fingerprint density at radius 1 is 1.40 bits per heavy atom. The number of halogens is 2. The van der Waals surface area contributed by atoms with Crippen molar-refractivity contribution in [2.24, 2.45) is 0 Å². The van der Waals surface area contributed by atoms with Gasteiger partial charge in [0.15, 0.2) is 0 Å². The Bertz CT molecular complexity index is 602. The van der Waals surface area contributed by atoms with E-state index in [0.29, 0.717) is 0 Å². The quantitative estimate of drug-likeness (QED) is 0.831. The molecule has 0 aromatic heterocycles. The Balaban J connectivity index is 0.00000200. The van der Waals surface area contributed by atoms with Crippen LogP contribution in [0.25, 0.3) is 0 Å². The third-order valence-corrected chi connectivity index (χ3v) is 4.70. The molecule has 0 saturated heterocycles. The standard InChI is InChI=1S/C13H17FN2O2S.ClH/c1-10-12(14)3-2-4-13(10)19(17,18)16-9-11-5-7-15-8-6-11;/h2-5,15-16H,6-9H2,1H3;1H. The first-order valence-corrected chi connectivity index (χ1v) is 7.62. The Labute approximate surface area is 124 Å². The minimum Gasteiger partial charge on any atom is -0.313 e. The summed E-state index contributed by atoms with van der Waals surface area (Å²) in [6.07, 6.45) is 2.80. The third-order valence-electron chi connectivity index (χ3n) is 3.15. The lowest BCUT2D eigenvalue weighted by Crippen LogP contribution is -2.30. The first-order valence-electron chi connectivity index (χ1n) is 6.14. The number of hydrogen-bond acceptors (Lipinski definition) is 3. The largest absolute Gasteiger partial charge is 0.313 e. The van der Waals surface area contributed by atoms with Gasteiger partial charge in [-0.05, 0) is 32.0 Å². The van der Waals surface area contributed by atoms with Crippen LogP contribution in [-0.4, -0.2) is 28.1 Å². The highest BCUT2D eigenvalue weighted by atomic mass is 35.5. The van der Waals surface area contributed by atoms with Gasteiger partial charge in [0.2, 0.25) is 10.0 Å². The molecule has 1 aromatic carbocycles. The lowest BCUT2D eigenvalue weighted by atomic mass is 10.1. The fourth-order valence-electron chi connectivity index (χ4n) is 1.97. The highest BCUT2D eigenvalue weighted by molar-refractivity contribution is 7.89. The SMILES string of the molecule is Cc1c(F)cccc1S(=O)(=O)NCC1=CCNCC1.Cl. The first kappa shape index (κ1) is 17.1. The molecule has 1 aliphatic rings. The van der Waals surface area contributed by atoms with E-state index < -0.39 is 15.8 Å². The van der Waals surface area contributed by atoms with E-state index in [9.17, 15) is 12.8 Å². The average Bonchev–Trinajstić information content (AvgIpc) is 2.41. The summed E-state index contributed by atoms with van der Waals surface area (Å²) in [6.45, 7) is 3.36. The van der Waals surface area contributed by atoms with Crippen molar-refractivity contribution in [1.82, 2.24) is 10.0 Å². The predicted octanol–water partition coefficient (Wildman–Crippen LogP) is 1.75. The van der Waals surface area contributed by atoms with Gasteiger partial charge in [0.05, 0.1) is 4.90 Å². The van der Waals surface area contributed by atoms with Gasteiger partial charge in [-0.25, -0.2) is 17.5 Å². The number of nitrogens with one attached hydrogen (secondary N) is 2. The lowest BCUT2D eigenvalue weighted by Gasteiger charge is -2.15. The van der Waals surface area contributed by atoms with Crippen molar-refractivity contribution in [3.8, 4) is 0 Å². The second-order valence-electron chi connectivity index (χ2n) is 4.50. The summed E-state index contributed by atoms with van der Waals surface area (Å²) in [6, 6.07) is 4.07. The second kappa shape index (κ2) is 7.17. The van der Waals surface area contributed by atoms with Crippen LogP contribution in [0.3, 0.4) is 0 Å². The monoisotopic (exact) mass is 320 g/mol. The molecule has 1 aliphatic heterocycles. The molecule has 2 N–H and O–H groups in total. The molecular formula is C13H18ClFN2O2S. The molecule has 0 saturated carbocycles. The summed E-state index contributed by atoms with van der Waals surface area (Å²) >= 11 is 0. The molecule has 0 spiro atoms. The van der Waals surface area contributed by atoms with E-state index in [1.807, 2.05) is 6.08 Å². The van der Waals surface area contributed by atoms with Crippen molar-refractivity contribution in [1.29, 1.82) is 0 Å². The van der Waals surface area contributed by atoms with Crippen molar-refractivity contribution < 1.29 is 12.8 Å². The number of rotatable bonds is 4. The van der Waals surface area contributed by atoms with Crippen LogP contribution in [0.1, 0.15) is 12.0 Å². The summed E-state index contributed by atoms with van der Waals surface area (Å²) in [4.78, 5) is 0.00188. The molecule has 0 aliphatic carbocycles. The number of sulfonamides is 1. The summed E-state index contributed by atoms with van der Waals surface area (Å²) in [7, 11) is -3.66. The second-order valence-corrected chi connectivity index (χ2v) is 6.24. The van der Waals surface area contributed by atoms with E-state index in [2.05, 4.69) is 10.0 Å². The highest BCUT2D eigenvalue weighted by Gasteiger charge is 2.18. The molecular weight excluding hydrogens is 303 g/mol. The van der Waals surface area contributed by atoms with Crippen molar-refractivity contribution in [3.63, 3.8) is 0 Å². The molecule has 0 fully saturated rings. The lowest BCUT2D eigenvalue weighted by molar-refractivity contribution is 0.575. The summed E-state index contributed by atoms with van der Waals surface area (Å²) in [5.41, 5.74) is 1.20. The molecule has 1 aromatic rings. The summed E-state index contributed by atoms with van der Waals surface area (Å²) in [5, 5.41) is 3.16. The first-order chi connectivity index (χ1) is 9.00. The molecule has 112 valence electrons. The van der Waals surface area contributed by atoms with Crippen LogP contribution in [0.4, 0.5) is 4.39 Å². The van der Waals surface area contributed by atoms with E-state index in [4.69, 9.17) is 0 Å². The maximum absolute atomic E-state index is 13.4. The van der Waals surface area contributed by atoms with Gasteiger partial charge in [-0.2, -0.15) is 0 Å². The van der Waals surface area contributed by atoms with Crippen LogP contribution >= 0.6 is 12.4 Å². The maximum atomic E-state index is 13.4. The third kappa shape index (κ3) is 4.02. The highest BCUT2D eigenvalue weighted by Crippen LogP contribution is 2.17. The van der Waals surface area contributed by atoms with E-state index in [1.54, 1.807) is 0 Å². The van der Waals surface area contributed by atoms with Gasteiger partial charge >= 0.3 is 0 Å². The van der Waals surface area contributed by atoms with E-state index in [0.717, 1.165) is 25.1 Å². The maximum Gasteiger partial charge on any atom is 0.241 e. The zero-order valence-corrected chi connectivity index (χ0v) is 12.8. The van der Waals surface area contributed by atoms with Crippen LogP contribution in [0, 0.1) is 12.7 Å². The van der Waals surface area contributed by atoms with Gasteiger partial charge in [0.1, 0.15) is 5.82 Å². The van der Waals surface area contributed by atoms with Crippen LogP contribution < -0.4 is 10.0 Å².